The molecule has 5 nitrogen and oxygen atoms in total. The Morgan fingerprint density at radius 1 is 1.17 bits per heavy atom. The minimum Gasteiger partial charge on any atom is -0.462 e. The molecule has 0 spiro atoms. The molecule has 0 amide bonds. The highest BCUT2D eigenvalue weighted by Crippen LogP contribution is 2.29. The van der Waals surface area contributed by atoms with Crippen molar-refractivity contribution in [3.63, 3.8) is 0 Å². The van der Waals surface area contributed by atoms with E-state index < -0.39 is 10.0 Å². The van der Waals surface area contributed by atoms with Crippen molar-refractivity contribution in [1.29, 1.82) is 0 Å². The number of aryl methyl sites for hydroxylation is 1. The first-order valence-electron chi connectivity index (χ1n) is 8.74. The summed E-state index contributed by atoms with van der Waals surface area (Å²) in [5, 5.41) is 0. The SMILES string of the molecule is Cc1ccc(S(=O)(=O)N2CCCC(C(=O)OC3CCCCC3)C2)s1. The minimum atomic E-state index is -3.50. The van der Waals surface area contributed by atoms with Gasteiger partial charge in [-0.05, 0) is 57.6 Å². The summed E-state index contributed by atoms with van der Waals surface area (Å²) in [5.41, 5.74) is 0. The van der Waals surface area contributed by atoms with E-state index in [1.165, 1.54) is 22.1 Å². The van der Waals surface area contributed by atoms with Crippen LogP contribution in [0.5, 0.6) is 0 Å². The van der Waals surface area contributed by atoms with Gasteiger partial charge in [-0.3, -0.25) is 4.79 Å². The quantitative estimate of drug-likeness (QED) is 0.762. The molecule has 2 heterocycles. The van der Waals surface area contributed by atoms with E-state index in [1.807, 2.05) is 13.0 Å². The molecule has 1 aromatic rings. The highest BCUT2D eigenvalue weighted by Gasteiger charge is 2.35. The van der Waals surface area contributed by atoms with Crippen LogP contribution < -0.4 is 0 Å². The Hall–Kier alpha value is -0.920. The Balaban J connectivity index is 1.64. The van der Waals surface area contributed by atoms with Gasteiger partial charge in [0.2, 0.25) is 0 Å². The number of esters is 1. The minimum absolute atomic E-state index is 0.0261. The third-order valence-electron chi connectivity index (χ3n) is 4.86. The van der Waals surface area contributed by atoms with Crippen molar-refractivity contribution in [2.75, 3.05) is 13.1 Å². The molecule has 1 aliphatic heterocycles. The number of hydrogen-bond donors (Lipinski definition) is 0. The highest BCUT2D eigenvalue weighted by atomic mass is 32.2. The summed E-state index contributed by atoms with van der Waals surface area (Å²) >= 11 is 1.28. The summed E-state index contributed by atoms with van der Waals surface area (Å²) in [6.07, 6.45) is 6.75. The molecule has 1 saturated carbocycles. The summed E-state index contributed by atoms with van der Waals surface area (Å²) in [6, 6.07) is 3.47. The van der Waals surface area contributed by atoms with E-state index in [-0.39, 0.29) is 24.5 Å². The van der Waals surface area contributed by atoms with Gasteiger partial charge < -0.3 is 4.74 Å². The third-order valence-corrected chi connectivity index (χ3v) is 8.20. The number of thiophene rings is 1. The standard InChI is InChI=1S/C17H25NO4S2/c1-13-9-10-16(23-13)24(20,21)18-11-5-6-14(12-18)17(19)22-15-7-3-2-4-8-15/h9-10,14-15H,2-8,11-12H2,1H3. The Morgan fingerprint density at radius 2 is 1.92 bits per heavy atom. The number of hydrogen-bond acceptors (Lipinski definition) is 5. The zero-order chi connectivity index (χ0) is 17.2. The molecule has 0 bridgehead atoms. The second kappa shape index (κ2) is 7.54. The molecule has 0 N–H and O–H groups in total. The maximum Gasteiger partial charge on any atom is 0.310 e. The molecule has 2 aliphatic rings. The predicted molar refractivity (Wildman–Crippen MR) is 93.5 cm³/mol. The fraction of sp³-hybridized carbons (Fsp3) is 0.706. The van der Waals surface area contributed by atoms with Crippen LogP contribution in [0.4, 0.5) is 0 Å². The van der Waals surface area contributed by atoms with Gasteiger partial charge in [0.1, 0.15) is 10.3 Å². The Morgan fingerprint density at radius 3 is 2.58 bits per heavy atom. The van der Waals surface area contributed by atoms with Crippen LogP contribution in [0.3, 0.4) is 0 Å². The van der Waals surface area contributed by atoms with Gasteiger partial charge in [0, 0.05) is 18.0 Å². The second-order valence-corrected chi connectivity index (χ2v) is 10.2. The molecule has 3 rings (SSSR count). The molecule has 24 heavy (non-hydrogen) atoms. The second-order valence-electron chi connectivity index (χ2n) is 6.76. The number of ether oxygens (including phenoxy) is 1. The zero-order valence-electron chi connectivity index (χ0n) is 14.1. The molecule has 134 valence electrons. The highest BCUT2D eigenvalue weighted by molar-refractivity contribution is 7.91. The molecule has 1 aliphatic carbocycles. The summed E-state index contributed by atoms with van der Waals surface area (Å²) in [5.74, 6) is -0.555. The van der Waals surface area contributed by atoms with Crippen molar-refractivity contribution in [1.82, 2.24) is 4.31 Å². The van der Waals surface area contributed by atoms with Gasteiger partial charge >= 0.3 is 5.97 Å². The number of rotatable bonds is 4. The molecular formula is C17H25NO4S2. The number of carbonyl (C=O) groups excluding carboxylic acids is 1. The van der Waals surface area contributed by atoms with E-state index in [0.717, 1.165) is 30.6 Å². The number of sulfonamides is 1. The lowest BCUT2D eigenvalue weighted by Crippen LogP contribution is -2.43. The van der Waals surface area contributed by atoms with E-state index >= 15 is 0 Å². The van der Waals surface area contributed by atoms with Crippen LogP contribution in [0.2, 0.25) is 0 Å². The van der Waals surface area contributed by atoms with Crippen LogP contribution in [-0.2, 0) is 19.6 Å². The molecule has 1 atom stereocenters. The Bertz CT molecular complexity index is 677. The molecule has 1 unspecified atom stereocenters. The average molecular weight is 372 g/mol. The monoisotopic (exact) mass is 371 g/mol. The molecular weight excluding hydrogens is 346 g/mol. The molecule has 1 saturated heterocycles. The van der Waals surface area contributed by atoms with Crippen LogP contribution >= 0.6 is 11.3 Å². The van der Waals surface area contributed by atoms with Gasteiger partial charge in [-0.25, -0.2) is 8.42 Å². The van der Waals surface area contributed by atoms with Gasteiger partial charge in [0.25, 0.3) is 10.0 Å². The van der Waals surface area contributed by atoms with Crippen LogP contribution in [0.25, 0.3) is 0 Å². The van der Waals surface area contributed by atoms with Crippen molar-refractivity contribution in [3.05, 3.63) is 17.0 Å². The topological polar surface area (TPSA) is 63.7 Å². The van der Waals surface area contributed by atoms with Gasteiger partial charge in [-0.2, -0.15) is 4.31 Å². The molecule has 0 radical (unpaired) electrons. The lowest BCUT2D eigenvalue weighted by molar-refractivity contribution is -0.156. The number of piperidine rings is 1. The van der Waals surface area contributed by atoms with E-state index in [0.29, 0.717) is 23.6 Å². The van der Waals surface area contributed by atoms with Crippen molar-refractivity contribution in [2.24, 2.45) is 5.92 Å². The molecule has 0 aromatic carbocycles. The van der Waals surface area contributed by atoms with Crippen LogP contribution in [0.1, 0.15) is 49.8 Å². The lowest BCUT2D eigenvalue weighted by Gasteiger charge is -2.31. The lowest BCUT2D eigenvalue weighted by atomic mass is 9.96. The van der Waals surface area contributed by atoms with Gasteiger partial charge in [0.15, 0.2) is 0 Å². The van der Waals surface area contributed by atoms with E-state index in [4.69, 9.17) is 4.74 Å². The Kier molecular flexibility index (Phi) is 5.62. The summed E-state index contributed by atoms with van der Waals surface area (Å²) in [6.45, 7) is 2.61. The largest absolute Gasteiger partial charge is 0.462 e. The van der Waals surface area contributed by atoms with Crippen molar-refractivity contribution in [3.8, 4) is 0 Å². The fourth-order valence-corrected chi connectivity index (χ4v) is 6.44. The van der Waals surface area contributed by atoms with Crippen molar-refractivity contribution >= 4 is 27.3 Å². The average Bonchev–Trinajstić information content (AvgIpc) is 3.03. The number of carbonyl (C=O) groups is 1. The fourth-order valence-electron chi connectivity index (χ4n) is 3.47. The maximum absolute atomic E-state index is 12.7. The van der Waals surface area contributed by atoms with E-state index in [1.54, 1.807) is 6.07 Å². The van der Waals surface area contributed by atoms with Crippen LogP contribution in [-0.4, -0.2) is 37.9 Å². The van der Waals surface area contributed by atoms with Gasteiger partial charge in [-0.1, -0.05) is 6.42 Å². The number of nitrogens with zero attached hydrogens (tertiary/aromatic N) is 1. The van der Waals surface area contributed by atoms with Crippen molar-refractivity contribution < 1.29 is 17.9 Å². The van der Waals surface area contributed by atoms with Crippen molar-refractivity contribution in [2.45, 2.75) is 62.2 Å². The van der Waals surface area contributed by atoms with Crippen LogP contribution in [0.15, 0.2) is 16.3 Å². The van der Waals surface area contributed by atoms with Gasteiger partial charge in [0.05, 0.1) is 5.92 Å². The molecule has 1 aromatic heterocycles. The third kappa shape index (κ3) is 4.00. The van der Waals surface area contributed by atoms with E-state index in [9.17, 15) is 13.2 Å². The molecule has 2 fully saturated rings. The molecule has 7 heteroatoms. The zero-order valence-corrected chi connectivity index (χ0v) is 15.7. The smallest absolute Gasteiger partial charge is 0.310 e. The predicted octanol–water partition coefficient (Wildman–Crippen LogP) is 3.33. The summed E-state index contributed by atoms with van der Waals surface area (Å²) < 4.78 is 32.9. The van der Waals surface area contributed by atoms with E-state index in [2.05, 4.69) is 0 Å². The normalized spacial score (nSPS) is 24.0. The van der Waals surface area contributed by atoms with Gasteiger partial charge in [-0.15, -0.1) is 11.3 Å². The first kappa shape index (κ1) is 17.9. The Labute approximate surface area is 148 Å². The first-order chi connectivity index (χ1) is 11.5. The summed E-state index contributed by atoms with van der Waals surface area (Å²) in [7, 11) is -3.50. The summed E-state index contributed by atoms with van der Waals surface area (Å²) in [4.78, 5) is 13.4. The maximum atomic E-state index is 12.7. The first-order valence-corrected chi connectivity index (χ1v) is 11.0. The van der Waals surface area contributed by atoms with Crippen LogP contribution in [0, 0.1) is 12.8 Å².